The van der Waals surface area contributed by atoms with Crippen molar-refractivity contribution in [1.29, 1.82) is 0 Å². The van der Waals surface area contributed by atoms with Gasteiger partial charge >= 0.3 is 0 Å². The van der Waals surface area contributed by atoms with Gasteiger partial charge in [-0.25, -0.2) is 4.98 Å². The summed E-state index contributed by atoms with van der Waals surface area (Å²) in [5.74, 6) is -0.789. The molecule has 23 heavy (non-hydrogen) atoms. The highest BCUT2D eigenvalue weighted by Gasteiger charge is 2.32. The van der Waals surface area contributed by atoms with E-state index in [-0.39, 0.29) is 17.7 Å². The molecule has 0 aliphatic carbocycles. The van der Waals surface area contributed by atoms with Gasteiger partial charge in [-0.2, -0.15) is 0 Å². The second-order valence-corrected chi connectivity index (χ2v) is 6.88. The Labute approximate surface area is 139 Å². The highest BCUT2D eigenvalue weighted by molar-refractivity contribution is 7.13. The van der Waals surface area contributed by atoms with Crippen LogP contribution in [0.3, 0.4) is 0 Å². The van der Waals surface area contributed by atoms with Gasteiger partial charge in [-0.3, -0.25) is 14.4 Å². The molecule has 1 aliphatic heterocycles. The summed E-state index contributed by atoms with van der Waals surface area (Å²) < 4.78 is 0. The maximum atomic E-state index is 12.8. The molecule has 8 heteroatoms. The van der Waals surface area contributed by atoms with E-state index in [1.807, 2.05) is 13.8 Å². The maximum absolute atomic E-state index is 12.8. The van der Waals surface area contributed by atoms with Crippen LogP contribution < -0.4 is 5.32 Å². The third-order valence-electron chi connectivity index (χ3n) is 3.97. The van der Waals surface area contributed by atoms with Crippen LogP contribution >= 0.6 is 11.3 Å². The quantitative estimate of drug-likeness (QED) is 0.847. The molecule has 1 N–H and O–H groups in total. The van der Waals surface area contributed by atoms with E-state index in [0.717, 1.165) is 5.01 Å². The van der Waals surface area contributed by atoms with Crippen molar-refractivity contribution in [3.05, 3.63) is 15.6 Å². The molecule has 3 amide bonds. The lowest BCUT2D eigenvalue weighted by Crippen LogP contribution is -2.42. The number of nitrogens with one attached hydrogen (secondary N) is 1. The molecule has 0 radical (unpaired) electrons. The van der Waals surface area contributed by atoms with Crippen molar-refractivity contribution in [2.45, 2.75) is 20.8 Å². The number of amides is 3. The molecule has 0 spiro atoms. The zero-order valence-electron chi connectivity index (χ0n) is 13.9. The molecule has 1 aromatic heterocycles. The summed E-state index contributed by atoms with van der Waals surface area (Å²) in [4.78, 5) is 44.7. The monoisotopic (exact) mass is 338 g/mol. The Balaban J connectivity index is 2.24. The predicted octanol–water partition coefficient (Wildman–Crippen LogP) is 0.426. The Kier molecular flexibility index (Phi) is 5.35. The molecule has 0 aromatic carbocycles. The first-order valence-electron chi connectivity index (χ1n) is 7.54. The lowest BCUT2D eigenvalue weighted by atomic mass is 10.1. The SMILES string of the molecule is CNC(=O)[C@@H]1CN(C(C)=O)CCN(C(=O)c2sc(C)nc2C)C1. The average molecular weight is 338 g/mol. The number of nitrogens with zero attached hydrogens (tertiary/aromatic N) is 3. The van der Waals surface area contributed by atoms with Crippen LogP contribution in [0.1, 0.15) is 27.3 Å². The van der Waals surface area contributed by atoms with Gasteiger partial charge in [-0.05, 0) is 13.8 Å². The van der Waals surface area contributed by atoms with E-state index in [1.54, 1.807) is 16.8 Å². The molecular formula is C15H22N4O3S. The normalized spacial score (nSPS) is 18.5. The summed E-state index contributed by atoms with van der Waals surface area (Å²) in [5, 5.41) is 3.45. The largest absolute Gasteiger partial charge is 0.359 e. The van der Waals surface area contributed by atoms with Crippen LogP contribution in [-0.4, -0.2) is 65.7 Å². The topological polar surface area (TPSA) is 82.6 Å². The number of hydrogen-bond acceptors (Lipinski definition) is 5. The Bertz CT molecular complexity index is 628. The molecule has 126 valence electrons. The van der Waals surface area contributed by atoms with Crippen molar-refractivity contribution in [3.8, 4) is 0 Å². The van der Waals surface area contributed by atoms with E-state index in [1.165, 1.54) is 18.3 Å². The molecule has 2 heterocycles. The van der Waals surface area contributed by atoms with Gasteiger partial charge in [0.15, 0.2) is 0 Å². The Morgan fingerprint density at radius 2 is 1.78 bits per heavy atom. The molecule has 1 aromatic rings. The maximum Gasteiger partial charge on any atom is 0.265 e. The van der Waals surface area contributed by atoms with Crippen molar-refractivity contribution < 1.29 is 14.4 Å². The fraction of sp³-hybridized carbons (Fsp3) is 0.600. The van der Waals surface area contributed by atoms with E-state index >= 15 is 0 Å². The minimum atomic E-state index is -0.426. The Morgan fingerprint density at radius 3 is 2.30 bits per heavy atom. The molecule has 0 saturated carbocycles. The second-order valence-electron chi connectivity index (χ2n) is 5.67. The zero-order chi connectivity index (χ0) is 17.1. The van der Waals surface area contributed by atoms with Crippen LogP contribution in [0.5, 0.6) is 0 Å². The van der Waals surface area contributed by atoms with Crippen LogP contribution in [0, 0.1) is 19.8 Å². The number of hydrogen-bond donors (Lipinski definition) is 1. The van der Waals surface area contributed by atoms with Gasteiger partial charge in [-0.1, -0.05) is 0 Å². The van der Waals surface area contributed by atoms with Gasteiger partial charge in [0.05, 0.1) is 16.6 Å². The molecule has 1 atom stereocenters. The highest BCUT2D eigenvalue weighted by Crippen LogP contribution is 2.21. The van der Waals surface area contributed by atoms with Gasteiger partial charge in [-0.15, -0.1) is 11.3 Å². The number of carbonyl (C=O) groups is 3. The van der Waals surface area contributed by atoms with E-state index < -0.39 is 5.92 Å². The van der Waals surface area contributed by atoms with Gasteiger partial charge in [0.2, 0.25) is 11.8 Å². The van der Waals surface area contributed by atoms with Crippen LogP contribution in [0.25, 0.3) is 0 Å². The lowest BCUT2D eigenvalue weighted by molar-refractivity contribution is -0.130. The van der Waals surface area contributed by atoms with Crippen LogP contribution in [-0.2, 0) is 9.59 Å². The van der Waals surface area contributed by atoms with E-state index in [2.05, 4.69) is 10.3 Å². The van der Waals surface area contributed by atoms with Gasteiger partial charge in [0.1, 0.15) is 4.88 Å². The number of rotatable bonds is 2. The average Bonchev–Trinajstić information content (AvgIpc) is 2.73. The van der Waals surface area contributed by atoms with E-state index in [0.29, 0.717) is 36.8 Å². The van der Waals surface area contributed by atoms with Gasteiger partial charge in [0.25, 0.3) is 5.91 Å². The smallest absolute Gasteiger partial charge is 0.265 e. The van der Waals surface area contributed by atoms with Gasteiger partial charge in [0, 0.05) is 40.2 Å². The van der Waals surface area contributed by atoms with Crippen molar-refractivity contribution in [3.63, 3.8) is 0 Å². The number of thiazole rings is 1. The third kappa shape index (κ3) is 3.87. The Morgan fingerprint density at radius 1 is 1.17 bits per heavy atom. The first-order chi connectivity index (χ1) is 10.8. The van der Waals surface area contributed by atoms with Crippen molar-refractivity contribution in [1.82, 2.24) is 20.1 Å². The summed E-state index contributed by atoms with van der Waals surface area (Å²) in [6, 6.07) is 0. The van der Waals surface area contributed by atoms with E-state index in [4.69, 9.17) is 0 Å². The fourth-order valence-corrected chi connectivity index (χ4v) is 3.62. The predicted molar refractivity (Wildman–Crippen MR) is 87.3 cm³/mol. The van der Waals surface area contributed by atoms with Crippen LogP contribution in [0.15, 0.2) is 0 Å². The van der Waals surface area contributed by atoms with Crippen LogP contribution in [0.2, 0.25) is 0 Å². The standard InChI is InChI=1S/C15H22N4O3S/c1-9-13(23-10(2)17-9)15(22)19-6-5-18(11(3)20)7-12(8-19)14(21)16-4/h12H,5-8H2,1-4H3,(H,16,21)/t12-/m1/s1. The summed E-state index contributed by atoms with van der Waals surface area (Å²) in [7, 11) is 1.56. The van der Waals surface area contributed by atoms with Crippen molar-refractivity contribution in [2.24, 2.45) is 5.92 Å². The van der Waals surface area contributed by atoms with Crippen molar-refractivity contribution in [2.75, 3.05) is 33.2 Å². The van der Waals surface area contributed by atoms with Crippen molar-refractivity contribution >= 4 is 29.1 Å². The molecule has 0 bridgehead atoms. The third-order valence-corrected chi connectivity index (χ3v) is 5.03. The van der Waals surface area contributed by atoms with E-state index in [9.17, 15) is 14.4 Å². The number of carbonyl (C=O) groups excluding carboxylic acids is 3. The molecule has 1 aliphatic rings. The summed E-state index contributed by atoms with van der Waals surface area (Å²) >= 11 is 1.36. The minimum Gasteiger partial charge on any atom is -0.359 e. The zero-order valence-corrected chi connectivity index (χ0v) is 14.7. The summed E-state index contributed by atoms with van der Waals surface area (Å²) in [5.41, 5.74) is 0.710. The summed E-state index contributed by atoms with van der Waals surface area (Å²) in [6.07, 6.45) is 0. The van der Waals surface area contributed by atoms with Gasteiger partial charge < -0.3 is 15.1 Å². The molecule has 1 saturated heterocycles. The molecular weight excluding hydrogens is 316 g/mol. The highest BCUT2D eigenvalue weighted by atomic mass is 32.1. The van der Waals surface area contributed by atoms with Crippen LogP contribution in [0.4, 0.5) is 0 Å². The number of aryl methyl sites for hydroxylation is 2. The molecule has 0 unspecified atom stereocenters. The number of aromatic nitrogens is 1. The molecule has 1 fully saturated rings. The fourth-order valence-electron chi connectivity index (χ4n) is 2.73. The Hall–Kier alpha value is -1.96. The first kappa shape index (κ1) is 17.4. The second kappa shape index (κ2) is 7.08. The summed E-state index contributed by atoms with van der Waals surface area (Å²) in [6.45, 7) is 6.65. The molecule has 2 rings (SSSR count). The first-order valence-corrected chi connectivity index (χ1v) is 8.35. The minimum absolute atomic E-state index is 0.0852. The molecule has 7 nitrogen and oxygen atoms in total. The lowest BCUT2D eigenvalue weighted by Gasteiger charge is -2.22.